The van der Waals surface area contributed by atoms with Gasteiger partial charge in [-0.3, -0.25) is 4.79 Å². The molecule has 2 aliphatic heterocycles. The quantitative estimate of drug-likeness (QED) is 0.321. The van der Waals surface area contributed by atoms with Crippen LogP contribution < -0.4 is 9.64 Å². The van der Waals surface area contributed by atoms with Crippen molar-refractivity contribution in [2.24, 2.45) is 0 Å². The van der Waals surface area contributed by atoms with Gasteiger partial charge in [0.15, 0.2) is 6.61 Å². The summed E-state index contributed by atoms with van der Waals surface area (Å²) in [7, 11) is 2.99. The summed E-state index contributed by atoms with van der Waals surface area (Å²) in [5, 5.41) is 0. The molecule has 1 fully saturated rings. The lowest BCUT2D eigenvalue weighted by Gasteiger charge is -2.39. The van der Waals surface area contributed by atoms with Gasteiger partial charge in [-0.25, -0.2) is 9.59 Å². The number of benzene rings is 2. The molecule has 2 heterocycles. The number of methoxy groups -OCH3 is 2. The highest BCUT2D eigenvalue weighted by atomic mass is 16.6. The van der Waals surface area contributed by atoms with Crippen LogP contribution in [-0.2, 0) is 30.3 Å². The number of anilines is 1. The minimum absolute atomic E-state index is 0.00605. The standard InChI is InChI=1S/C31H40N2O8/c1-31(2,3)41-30(36)32-15-13-24(22-8-10-23(11-9-22)29(35)38-5)27(18-32)39-19-21-7-12-26-25(17-21)33(14-6-16-37-4)28(34)20-40-26/h7-12,17,24,27H,6,13-16,18-20H2,1-5H3. The topological polar surface area (TPSA) is 104 Å². The molecular weight excluding hydrogens is 528 g/mol. The zero-order chi connectivity index (χ0) is 29.6. The van der Waals surface area contributed by atoms with E-state index >= 15 is 0 Å². The van der Waals surface area contributed by atoms with Crippen LogP contribution in [0.5, 0.6) is 5.75 Å². The highest BCUT2D eigenvalue weighted by Gasteiger charge is 2.35. The number of piperidine rings is 1. The number of amides is 2. The number of hydrogen-bond donors (Lipinski definition) is 0. The third kappa shape index (κ3) is 7.77. The molecule has 0 N–H and O–H groups in total. The highest BCUT2D eigenvalue weighted by Crippen LogP contribution is 2.35. The van der Waals surface area contributed by atoms with Gasteiger partial charge >= 0.3 is 12.1 Å². The van der Waals surface area contributed by atoms with E-state index in [9.17, 15) is 14.4 Å². The van der Waals surface area contributed by atoms with Crippen molar-refractivity contribution in [2.75, 3.05) is 52.0 Å². The number of esters is 1. The van der Waals surface area contributed by atoms with E-state index in [2.05, 4.69) is 0 Å². The summed E-state index contributed by atoms with van der Waals surface area (Å²) < 4.78 is 27.8. The summed E-state index contributed by atoms with van der Waals surface area (Å²) in [6.45, 7) is 7.78. The number of ether oxygens (including phenoxy) is 5. The van der Waals surface area contributed by atoms with Gasteiger partial charge in [0, 0.05) is 32.7 Å². The second-order valence-corrected chi connectivity index (χ2v) is 11.3. The smallest absolute Gasteiger partial charge is 0.410 e. The highest BCUT2D eigenvalue weighted by molar-refractivity contribution is 5.97. The number of hydrogen-bond acceptors (Lipinski definition) is 8. The molecule has 2 aliphatic rings. The number of fused-ring (bicyclic) bond motifs is 1. The zero-order valence-corrected chi connectivity index (χ0v) is 24.5. The molecule has 222 valence electrons. The minimum Gasteiger partial charge on any atom is -0.482 e. The first-order chi connectivity index (χ1) is 19.6. The van der Waals surface area contributed by atoms with Gasteiger partial charge in [-0.2, -0.15) is 0 Å². The predicted molar refractivity (Wildman–Crippen MR) is 152 cm³/mol. The van der Waals surface area contributed by atoms with Crippen LogP contribution in [0.25, 0.3) is 0 Å². The molecule has 0 aromatic heterocycles. The van der Waals surface area contributed by atoms with E-state index in [1.807, 2.05) is 51.1 Å². The van der Waals surface area contributed by atoms with E-state index < -0.39 is 11.6 Å². The van der Waals surface area contributed by atoms with Gasteiger partial charge in [0.25, 0.3) is 5.91 Å². The fourth-order valence-electron chi connectivity index (χ4n) is 5.10. The molecule has 0 bridgehead atoms. The van der Waals surface area contributed by atoms with E-state index in [0.717, 1.165) is 11.1 Å². The van der Waals surface area contributed by atoms with Crippen molar-refractivity contribution >= 4 is 23.7 Å². The fourth-order valence-corrected chi connectivity index (χ4v) is 5.10. The Morgan fingerprint density at radius 1 is 1.07 bits per heavy atom. The van der Waals surface area contributed by atoms with Gasteiger partial charge in [0.1, 0.15) is 11.4 Å². The van der Waals surface area contributed by atoms with Gasteiger partial charge in [-0.15, -0.1) is 0 Å². The minimum atomic E-state index is -0.605. The summed E-state index contributed by atoms with van der Waals surface area (Å²) in [5.74, 6) is 0.161. The first-order valence-corrected chi connectivity index (χ1v) is 13.9. The molecule has 0 radical (unpaired) electrons. The van der Waals surface area contributed by atoms with Crippen molar-refractivity contribution in [1.29, 1.82) is 0 Å². The SMILES string of the molecule is COCCCN1C(=O)COc2ccc(COC3CN(C(=O)OC(C)(C)C)CCC3c3ccc(C(=O)OC)cc3)cc21. The van der Waals surface area contributed by atoms with E-state index in [0.29, 0.717) is 56.1 Å². The molecule has 1 saturated heterocycles. The number of nitrogens with zero attached hydrogens (tertiary/aromatic N) is 2. The largest absolute Gasteiger partial charge is 0.482 e. The second kappa shape index (κ2) is 13.4. The molecular formula is C31H40N2O8. The summed E-state index contributed by atoms with van der Waals surface area (Å²) in [6.07, 6.45) is 0.677. The van der Waals surface area contributed by atoms with Crippen molar-refractivity contribution in [3.8, 4) is 5.75 Å². The van der Waals surface area contributed by atoms with Gasteiger partial charge < -0.3 is 33.5 Å². The molecule has 10 nitrogen and oxygen atoms in total. The van der Waals surface area contributed by atoms with Crippen LogP contribution in [0.4, 0.5) is 10.5 Å². The molecule has 2 aromatic rings. The molecule has 10 heteroatoms. The summed E-state index contributed by atoms with van der Waals surface area (Å²) >= 11 is 0. The van der Waals surface area contributed by atoms with Crippen LogP contribution >= 0.6 is 0 Å². The molecule has 4 rings (SSSR count). The predicted octanol–water partition coefficient (Wildman–Crippen LogP) is 4.54. The molecule has 0 saturated carbocycles. The van der Waals surface area contributed by atoms with Crippen molar-refractivity contribution in [1.82, 2.24) is 4.90 Å². The Labute approximate surface area is 241 Å². The van der Waals surface area contributed by atoms with E-state index in [4.69, 9.17) is 23.7 Å². The van der Waals surface area contributed by atoms with Crippen LogP contribution in [0.3, 0.4) is 0 Å². The average molecular weight is 569 g/mol. The van der Waals surface area contributed by atoms with Crippen LogP contribution in [0, 0.1) is 0 Å². The number of carbonyl (C=O) groups is 3. The summed E-state index contributed by atoms with van der Waals surface area (Å²) in [6, 6.07) is 13.0. The monoisotopic (exact) mass is 568 g/mol. The Morgan fingerprint density at radius 2 is 1.83 bits per heavy atom. The Hall–Kier alpha value is -3.63. The molecule has 2 unspecified atom stereocenters. The third-order valence-electron chi connectivity index (χ3n) is 7.13. The summed E-state index contributed by atoms with van der Waals surface area (Å²) in [4.78, 5) is 40.9. The van der Waals surface area contributed by atoms with Gasteiger partial charge in [0.05, 0.1) is 37.6 Å². The Morgan fingerprint density at radius 3 is 2.51 bits per heavy atom. The first kappa shape index (κ1) is 30.3. The zero-order valence-electron chi connectivity index (χ0n) is 24.5. The second-order valence-electron chi connectivity index (χ2n) is 11.3. The Balaban J connectivity index is 1.53. The maximum atomic E-state index is 12.9. The van der Waals surface area contributed by atoms with Crippen molar-refractivity contribution in [3.05, 3.63) is 59.2 Å². The number of carbonyl (C=O) groups excluding carboxylic acids is 3. The lowest BCUT2D eigenvalue weighted by molar-refractivity contribution is -0.121. The lowest BCUT2D eigenvalue weighted by Crippen LogP contribution is -2.48. The van der Waals surface area contributed by atoms with E-state index in [1.54, 1.807) is 29.0 Å². The van der Waals surface area contributed by atoms with Gasteiger partial charge in [-0.05, 0) is 69.0 Å². The van der Waals surface area contributed by atoms with E-state index in [1.165, 1.54) is 7.11 Å². The molecule has 2 atom stereocenters. The lowest BCUT2D eigenvalue weighted by atomic mass is 9.86. The van der Waals surface area contributed by atoms with Crippen LogP contribution in [0.1, 0.15) is 61.0 Å². The maximum Gasteiger partial charge on any atom is 0.410 e. The van der Waals surface area contributed by atoms with E-state index in [-0.39, 0.29) is 37.2 Å². The Bertz CT molecular complexity index is 1220. The fraction of sp³-hybridized carbons (Fsp3) is 0.516. The normalized spacial score (nSPS) is 18.9. The van der Waals surface area contributed by atoms with Crippen molar-refractivity contribution in [3.63, 3.8) is 0 Å². The third-order valence-corrected chi connectivity index (χ3v) is 7.13. The molecule has 0 spiro atoms. The van der Waals surface area contributed by atoms with Crippen molar-refractivity contribution < 1.29 is 38.1 Å². The molecule has 2 amide bonds. The molecule has 0 aliphatic carbocycles. The van der Waals surface area contributed by atoms with Gasteiger partial charge in [-0.1, -0.05) is 18.2 Å². The van der Waals surface area contributed by atoms with Gasteiger partial charge in [0.2, 0.25) is 0 Å². The number of rotatable bonds is 9. The van der Waals surface area contributed by atoms with Crippen molar-refractivity contribution in [2.45, 2.75) is 57.8 Å². The maximum absolute atomic E-state index is 12.9. The molecule has 2 aromatic carbocycles. The first-order valence-electron chi connectivity index (χ1n) is 13.9. The Kier molecular flexibility index (Phi) is 9.88. The average Bonchev–Trinajstić information content (AvgIpc) is 2.96. The van der Waals surface area contributed by atoms with Crippen LogP contribution in [0.2, 0.25) is 0 Å². The van der Waals surface area contributed by atoms with Crippen LogP contribution in [-0.4, -0.2) is 81.6 Å². The summed E-state index contributed by atoms with van der Waals surface area (Å²) in [5.41, 5.74) is 2.48. The van der Waals surface area contributed by atoms with Crippen LogP contribution in [0.15, 0.2) is 42.5 Å². The number of likely N-dealkylation sites (tertiary alicyclic amines) is 1. The molecule has 41 heavy (non-hydrogen) atoms.